The molecule has 1 aromatic rings. The van der Waals surface area contributed by atoms with Gasteiger partial charge in [0.2, 0.25) is 5.90 Å². The molecule has 0 N–H and O–H groups in total. The molecule has 0 radical (unpaired) electrons. The van der Waals surface area contributed by atoms with E-state index in [0.717, 1.165) is 5.69 Å². The number of para-hydroxylation sites is 1. The fourth-order valence-electron chi connectivity index (χ4n) is 1.13. The molecule has 4 heteroatoms. The largest absolute Gasteiger partial charge is 0.412 e. The highest BCUT2D eigenvalue weighted by Crippen LogP contribution is 2.11. The highest BCUT2D eigenvalue weighted by Gasteiger charge is 2.04. The van der Waals surface area contributed by atoms with E-state index >= 15 is 0 Å². The SMILES string of the molecule is COCCC(=Nc1ccccc1)OC(C)=O. The maximum Gasteiger partial charge on any atom is 0.309 e. The minimum Gasteiger partial charge on any atom is -0.412 e. The van der Waals surface area contributed by atoms with Crippen LogP contribution in [0.2, 0.25) is 0 Å². The van der Waals surface area contributed by atoms with Gasteiger partial charge in [0.1, 0.15) is 0 Å². The summed E-state index contributed by atoms with van der Waals surface area (Å²) in [6.45, 7) is 1.83. The summed E-state index contributed by atoms with van der Waals surface area (Å²) >= 11 is 0. The normalized spacial score (nSPS) is 11.2. The Morgan fingerprint density at radius 1 is 1.31 bits per heavy atom. The molecule has 0 aliphatic carbocycles. The van der Waals surface area contributed by atoms with Gasteiger partial charge >= 0.3 is 5.97 Å². The molecule has 0 saturated carbocycles. The summed E-state index contributed by atoms with van der Waals surface area (Å²) in [5.41, 5.74) is 0.759. The first-order valence-electron chi connectivity index (χ1n) is 5.02. The van der Waals surface area contributed by atoms with E-state index in [2.05, 4.69) is 4.99 Å². The number of hydrogen-bond donors (Lipinski definition) is 0. The van der Waals surface area contributed by atoms with Gasteiger partial charge in [0.25, 0.3) is 0 Å². The second-order valence-electron chi connectivity index (χ2n) is 3.18. The number of esters is 1. The van der Waals surface area contributed by atoms with Gasteiger partial charge in [-0.1, -0.05) is 18.2 Å². The molecule has 0 aliphatic rings. The topological polar surface area (TPSA) is 47.9 Å². The molecule has 1 aromatic carbocycles. The maximum atomic E-state index is 10.9. The third-order valence-corrected chi connectivity index (χ3v) is 1.79. The number of methoxy groups -OCH3 is 1. The van der Waals surface area contributed by atoms with Gasteiger partial charge in [-0.15, -0.1) is 0 Å². The van der Waals surface area contributed by atoms with Gasteiger partial charge in [0, 0.05) is 20.5 Å². The van der Waals surface area contributed by atoms with Gasteiger partial charge < -0.3 is 9.47 Å². The van der Waals surface area contributed by atoms with Crippen molar-refractivity contribution in [3.63, 3.8) is 0 Å². The predicted octanol–water partition coefficient (Wildman–Crippen LogP) is 2.32. The van der Waals surface area contributed by atoms with Gasteiger partial charge in [-0.3, -0.25) is 4.79 Å². The molecule has 0 fully saturated rings. The lowest BCUT2D eigenvalue weighted by molar-refractivity contribution is -0.133. The average molecular weight is 221 g/mol. The summed E-state index contributed by atoms with van der Waals surface area (Å²) in [6.07, 6.45) is 0.477. The number of hydrogen-bond acceptors (Lipinski definition) is 4. The Balaban J connectivity index is 2.74. The molecule has 0 aliphatic heterocycles. The van der Waals surface area contributed by atoms with E-state index < -0.39 is 0 Å². The summed E-state index contributed by atoms with van der Waals surface area (Å²) in [4.78, 5) is 15.1. The van der Waals surface area contributed by atoms with E-state index in [1.807, 2.05) is 30.3 Å². The standard InChI is InChI=1S/C12H15NO3/c1-10(14)16-12(8-9-15-2)13-11-6-4-3-5-7-11/h3-7H,8-9H2,1-2H3. The summed E-state index contributed by atoms with van der Waals surface area (Å²) in [5, 5.41) is 0. The number of ether oxygens (including phenoxy) is 2. The van der Waals surface area contributed by atoms with Crippen molar-refractivity contribution in [2.75, 3.05) is 13.7 Å². The van der Waals surface area contributed by atoms with Gasteiger partial charge in [-0.2, -0.15) is 0 Å². The zero-order valence-corrected chi connectivity index (χ0v) is 9.47. The Morgan fingerprint density at radius 2 is 2.00 bits per heavy atom. The fourth-order valence-corrected chi connectivity index (χ4v) is 1.13. The maximum absolute atomic E-state index is 10.9. The lowest BCUT2D eigenvalue weighted by Gasteiger charge is -2.05. The van der Waals surface area contributed by atoms with Crippen molar-refractivity contribution in [3.8, 4) is 0 Å². The van der Waals surface area contributed by atoms with E-state index in [1.165, 1.54) is 6.92 Å². The molecule has 16 heavy (non-hydrogen) atoms. The van der Waals surface area contributed by atoms with Crippen LogP contribution in [0.25, 0.3) is 0 Å². The third-order valence-electron chi connectivity index (χ3n) is 1.79. The van der Waals surface area contributed by atoms with E-state index in [4.69, 9.17) is 9.47 Å². The van der Waals surface area contributed by atoms with Gasteiger partial charge in [0.15, 0.2) is 0 Å². The summed E-state index contributed by atoms with van der Waals surface area (Å²) in [7, 11) is 1.59. The second kappa shape index (κ2) is 6.74. The van der Waals surface area contributed by atoms with Crippen LogP contribution in [-0.2, 0) is 14.3 Å². The Morgan fingerprint density at radius 3 is 2.56 bits per heavy atom. The molecular weight excluding hydrogens is 206 g/mol. The molecule has 0 spiro atoms. The van der Waals surface area contributed by atoms with E-state index in [-0.39, 0.29) is 5.97 Å². The number of carbonyl (C=O) groups excluding carboxylic acids is 1. The highest BCUT2D eigenvalue weighted by molar-refractivity contribution is 5.89. The first-order valence-corrected chi connectivity index (χ1v) is 5.02. The second-order valence-corrected chi connectivity index (χ2v) is 3.18. The molecule has 4 nitrogen and oxygen atoms in total. The van der Waals surface area contributed by atoms with Crippen molar-refractivity contribution in [1.82, 2.24) is 0 Å². The van der Waals surface area contributed by atoms with Crippen LogP contribution in [0.1, 0.15) is 13.3 Å². The highest BCUT2D eigenvalue weighted by atomic mass is 16.5. The minimum absolute atomic E-state index is 0.370. The zero-order chi connectivity index (χ0) is 11.8. The van der Waals surface area contributed by atoms with Crippen LogP contribution in [0, 0.1) is 0 Å². The number of aliphatic imine (C=N–C) groups is 1. The Bertz CT molecular complexity index is 360. The fraction of sp³-hybridized carbons (Fsp3) is 0.333. The lowest BCUT2D eigenvalue weighted by atomic mass is 10.3. The van der Waals surface area contributed by atoms with Crippen LogP contribution in [0.4, 0.5) is 5.69 Å². The molecular formula is C12H15NO3. The molecule has 0 unspecified atom stereocenters. The molecule has 0 aromatic heterocycles. The van der Waals surface area contributed by atoms with Crippen LogP contribution in [0.5, 0.6) is 0 Å². The monoisotopic (exact) mass is 221 g/mol. The van der Waals surface area contributed by atoms with Gasteiger partial charge in [0.05, 0.1) is 12.3 Å². The average Bonchev–Trinajstić information content (AvgIpc) is 2.26. The van der Waals surface area contributed by atoms with Crippen LogP contribution in [0.3, 0.4) is 0 Å². The van der Waals surface area contributed by atoms with E-state index in [9.17, 15) is 4.79 Å². The van der Waals surface area contributed by atoms with Crippen molar-refractivity contribution in [2.24, 2.45) is 4.99 Å². The summed E-state index contributed by atoms with van der Waals surface area (Å²) < 4.78 is 9.91. The van der Waals surface area contributed by atoms with E-state index in [0.29, 0.717) is 18.9 Å². The van der Waals surface area contributed by atoms with Gasteiger partial charge in [-0.05, 0) is 12.1 Å². The molecule has 0 atom stereocenters. The zero-order valence-electron chi connectivity index (χ0n) is 9.47. The van der Waals surface area contributed by atoms with E-state index in [1.54, 1.807) is 7.11 Å². The number of rotatable bonds is 4. The quantitative estimate of drug-likeness (QED) is 0.445. The molecule has 86 valence electrons. The number of nitrogens with zero attached hydrogens (tertiary/aromatic N) is 1. The first kappa shape index (κ1) is 12.4. The molecule has 0 bridgehead atoms. The molecule has 1 rings (SSSR count). The number of carbonyl (C=O) groups is 1. The lowest BCUT2D eigenvalue weighted by Crippen LogP contribution is -2.11. The summed E-state index contributed by atoms with van der Waals surface area (Å²) in [6, 6.07) is 9.34. The Kier molecular flexibility index (Phi) is 5.22. The van der Waals surface area contributed by atoms with Crippen molar-refractivity contribution in [1.29, 1.82) is 0 Å². The Labute approximate surface area is 94.9 Å². The summed E-state index contributed by atoms with van der Waals surface area (Å²) in [5.74, 6) is 0.00586. The molecule has 0 heterocycles. The van der Waals surface area contributed by atoms with Crippen molar-refractivity contribution < 1.29 is 14.3 Å². The molecule has 0 saturated heterocycles. The first-order chi connectivity index (χ1) is 7.72. The molecule has 0 amide bonds. The number of benzene rings is 1. The predicted molar refractivity (Wildman–Crippen MR) is 61.8 cm³/mol. The van der Waals surface area contributed by atoms with Crippen molar-refractivity contribution in [2.45, 2.75) is 13.3 Å². The van der Waals surface area contributed by atoms with Crippen LogP contribution < -0.4 is 0 Å². The van der Waals surface area contributed by atoms with Crippen LogP contribution in [0.15, 0.2) is 35.3 Å². The van der Waals surface area contributed by atoms with Gasteiger partial charge in [-0.25, -0.2) is 4.99 Å². The van der Waals surface area contributed by atoms with Crippen molar-refractivity contribution >= 4 is 17.6 Å². The minimum atomic E-state index is -0.370. The third kappa shape index (κ3) is 4.70. The van der Waals surface area contributed by atoms with Crippen LogP contribution >= 0.6 is 0 Å². The smallest absolute Gasteiger partial charge is 0.309 e. The Hall–Kier alpha value is -1.68. The van der Waals surface area contributed by atoms with Crippen LogP contribution in [-0.4, -0.2) is 25.6 Å². The van der Waals surface area contributed by atoms with Crippen molar-refractivity contribution in [3.05, 3.63) is 30.3 Å².